The van der Waals surface area contributed by atoms with Crippen molar-refractivity contribution >= 4 is 23.3 Å². The molecule has 0 radical (unpaired) electrons. The van der Waals surface area contributed by atoms with Crippen LogP contribution in [0.2, 0.25) is 5.02 Å². The van der Waals surface area contributed by atoms with E-state index in [1.54, 1.807) is 12.1 Å². The molecule has 0 unspecified atom stereocenters. The molecule has 3 aromatic rings. The zero-order valence-corrected chi connectivity index (χ0v) is 19.3. The van der Waals surface area contributed by atoms with Crippen molar-refractivity contribution in [3.8, 4) is 11.5 Å². The van der Waals surface area contributed by atoms with Crippen LogP contribution in [0.5, 0.6) is 11.5 Å². The van der Waals surface area contributed by atoms with E-state index in [0.29, 0.717) is 24.0 Å². The number of halogens is 2. The van der Waals surface area contributed by atoms with E-state index < -0.39 is 11.5 Å². The number of nitrogens with one attached hydrogen (secondary N) is 2. The summed E-state index contributed by atoms with van der Waals surface area (Å²) in [6.07, 6.45) is 1.87. The fourth-order valence-electron chi connectivity index (χ4n) is 3.97. The topological polar surface area (TPSA) is 100 Å². The molecule has 34 heavy (non-hydrogen) atoms. The molecule has 178 valence electrons. The number of benzene rings is 2. The van der Waals surface area contributed by atoms with Gasteiger partial charge >= 0.3 is 0 Å². The third-order valence-electron chi connectivity index (χ3n) is 5.88. The minimum absolute atomic E-state index is 0.0422. The Bertz CT molecular complexity index is 1210. The van der Waals surface area contributed by atoms with Crippen molar-refractivity contribution in [2.75, 3.05) is 25.4 Å². The molecule has 4 N–H and O–H groups in total. The molecule has 9 heteroatoms. The number of hydrogen-bond donors (Lipinski definition) is 3. The predicted octanol–water partition coefficient (Wildman–Crippen LogP) is 4.18. The van der Waals surface area contributed by atoms with Gasteiger partial charge in [-0.1, -0.05) is 23.7 Å². The number of pyridine rings is 1. The minimum atomic E-state index is -0.556. The largest absolute Gasteiger partial charge is 0.457 e. The number of H-pyrrole nitrogens is 1. The molecule has 0 saturated carbocycles. The third-order valence-corrected chi connectivity index (χ3v) is 6.19. The number of piperidine rings is 1. The van der Waals surface area contributed by atoms with Crippen LogP contribution < -0.4 is 21.3 Å². The Hall–Kier alpha value is -3.36. The lowest BCUT2D eigenvalue weighted by atomic mass is 9.96. The number of amides is 1. The number of nitrogens with zero attached hydrogens (tertiary/aromatic N) is 1. The van der Waals surface area contributed by atoms with Gasteiger partial charge < -0.3 is 20.8 Å². The number of hydrogen-bond acceptors (Lipinski definition) is 5. The van der Waals surface area contributed by atoms with Gasteiger partial charge in [-0.25, -0.2) is 4.39 Å². The van der Waals surface area contributed by atoms with Crippen LogP contribution in [0.3, 0.4) is 0 Å². The summed E-state index contributed by atoms with van der Waals surface area (Å²) in [4.78, 5) is 29.1. The van der Waals surface area contributed by atoms with Crippen molar-refractivity contribution < 1.29 is 13.9 Å². The number of anilines is 1. The Kier molecular flexibility index (Phi) is 7.49. The second kappa shape index (κ2) is 10.7. The normalized spacial score (nSPS) is 14.6. The van der Waals surface area contributed by atoms with Gasteiger partial charge in [-0.3, -0.25) is 14.5 Å². The first-order valence-corrected chi connectivity index (χ1v) is 11.5. The number of carbonyl (C=O) groups is 1. The Morgan fingerprint density at radius 1 is 1.15 bits per heavy atom. The molecule has 0 aliphatic carbocycles. The van der Waals surface area contributed by atoms with E-state index in [1.165, 1.54) is 18.2 Å². The number of carbonyl (C=O) groups excluding carboxylic acids is 1. The van der Waals surface area contributed by atoms with Gasteiger partial charge in [-0.2, -0.15) is 0 Å². The first kappa shape index (κ1) is 23.8. The molecule has 4 rings (SSSR count). The molecule has 7 nitrogen and oxygen atoms in total. The summed E-state index contributed by atoms with van der Waals surface area (Å²) in [6, 6.07) is 15.1. The van der Waals surface area contributed by atoms with Crippen molar-refractivity contribution in [2.24, 2.45) is 5.92 Å². The Balaban J connectivity index is 1.25. The summed E-state index contributed by atoms with van der Waals surface area (Å²) in [6.45, 7) is 3.09. The quantitative estimate of drug-likeness (QED) is 0.467. The van der Waals surface area contributed by atoms with Gasteiger partial charge in [0, 0.05) is 13.1 Å². The average molecular weight is 485 g/mol. The van der Waals surface area contributed by atoms with Gasteiger partial charge in [0.05, 0.1) is 5.02 Å². The Labute approximate surface area is 201 Å². The van der Waals surface area contributed by atoms with E-state index in [4.69, 9.17) is 22.1 Å². The van der Waals surface area contributed by atoms with Crippen LogP contribution in [-0.2, 0) is 6.54 Å². The lowest BCUT2D eigenvalue weighted by Crippen LogP contribution is -2.39. The van der Waals surface area contributed by atoms with Crippen molar-refractivity contribution in [1.82, 2.24) is 15.2 Å². The number of nitrogen functional groups attached to an aromatic ring is 1. The van der Waals surface area contributed by atoms with Crippen LogP contribution in [0.15, 0.2) is 59.4 Å². The molecule has 1 aliphatic rings. The molecule has 1 aliphatic heterocycles. The van der Waals surface area contributed by atoms with E-state index in [1.807, 2.05) is 18.2 Å². The molecular weight excluding hydrogens is 459 g/mol. The van der Waals surface area contributed by atoms with E-state index in [0.717, 1.165) is 38.0 Å². The number of nitrogens with two attached hydrogens (primary N) is 1. The molecule has 1 fully saturated rings. The van der Waals surface area contributed by atoms with Crippen molar-refractivity contribution in [2.45, 2.75) is 19.4 Å². The number of aromatic amines is 1. The lowest BCUT2D eigenvalue weighted by molar-refractivity contribution is 0.0933. The number of likely N-dealkylation sites (tertiary alicyclic amines) is 1. The van der Waals surface area contributed by atoms with Gasteiger partial charge in [0.1, 0.15) is 28.7 Å². The maximum Gasteiger partial charge on any atom is 0.262 e. The number of rotatable bonds is 7. The average Bonchev–Trinajstić information content (AvgIpc) is 2.82. The SMILES string of the molecule is Nc1[nH]c(=O)c(C(=O)NCC2CCN(Cc3cccc(Oc4ccc(F)cc4)c3)CC2)cc1Cl. The number of ether oxygens (including phenoxy) is 1. The van der Waals surface area contributed by atoms with Gasteiger partial charge in [0.15, 0.2) is 0 Å². The second-order valence-corrected chi connectivity index (χ2v) is 8.81. The predicted molar refractivity (Wildman–Crippen MR) is 130 cm³/mol. The van der Waals surface area contributed by atoms with Crippen molar-refractivity contribution in [3.63, 3.8) is 0 Å². The molecule has 0 bridgehead atoms. The van der Waals surface area contributed by atoms with Gasteiger partial charge in [-0.05, 0) is 79.9 Å². The first-order chi connectivity index (χ1) is 16.4. The van der Waals surface area contributed by atoms with E-state index in [9.17, 15) is 14.0 Å². The van der Waals surface area contributed by atoms with Gasteiger partial charge in [0.25, 0.3) is 11.5 Å². The zero-order valence-electron chi connectivity index (χ0n) is 18.5. The molecule has 2 aromatic carbocycles. The van der Waals surface area contributed by atoms with E-state index in [-0.39, 0.29) is 22.2 Å². The molecule has 0 atom stereocenters. The maximum absolute atomic E-state index is 13.1. The molecule has 0 spiro atoms. The summed E-state index contributed by atoms with van der Waals surface area (Å²) in [7, 11) is 0. The smallest absolute Gasteiger partial charge is 0.262 e. The van der Waals surface area contributed by atoms with E-state index >= 15 is 0 Å². The van der Waals surface area contributed by atoms with Crippen LogP contribution >= 0.6 is 11.6 Å². The third kappa shape index (κ3) is 6.15. The highest BCUT2D eigenvalue weighted by Gasteiger charge is 2.21. The standard InChI is InChI=1S/C25H26ClFN4O3/c26-22-13-21(25(33)30-23(22)28)24(32)29-14-16-8-10-31(11-9-16)15-17-2-1-3-20(12-17)34-19-6-4-18(27)5-7-19/h1-7,12-13,16H,8-11,14-15H2,(H,29,32)(H3,28,30,33). The highest BCUT2D eigenvalue weighted by molar-refractivity contribution is 6.33. The van der Waals surface area contributed by atoms with Crippen LogP contribution in [0.25, 0.3) is 0 Å². The van der Waals surface area contributed by atoms with Gasteiger partial charge in [0.2, 0.25) is 0 Å². The molecular formula is C25H26ClFN4O3. The second-order valence-electron chi connectivity index (χ2n) is 8.41. The van der Waals surface area contributed by atoms with Crippen LogP contribution in [0, 0.1) is 11.7 Å². The highest BCUT2D eigenvalue weighted by atomic mass is 35.5. The van der Waals surface area contributed by atoms with Crippen LogP contribution in [-0.4, -0.2) is 35.4 Å². The zero-order chi connectivity index (χ0) is 24.1. The van der Waals surface area contributed by atoms with Gasteiger partial charge in [-0.15, -0.1) is 0 Å². The van der Waals surface area contributed by atoms with Crippen molar-refractivity contribution in [3.05, 3.63) is 86.9 Å². The summed E-state index contributed by atoms with van der Waals surface area (Å²) < 4.78 is 18.9. The minimum Gasteiger partial charge on any atom is -0.457 e. The summed E-state index contributed by atoms with van der Waals surface area (Å²) in [5.41, 5.74) is 6.09. The molecule has 2 heterocycles. The molecule has 1 saturated heterocycles. The summed E-state index contributed by atoms with van der Waals surface area (Å²) >= 11 is 5.91. The van der Waals surface area contributed by atoms with Crippen molar-refractivity contribution in [1.29, 1.82) is 0 Å². The maximum atomic E-state index is 13.1. The fraction of sp³-hybridized carbons (Fsp3) is 0.280. The summed E-state index contributed by atoms with van der Waals surface area (Å²) in [5, 5.41) is 2.98. The fourth-order valence-corrected chi connectivity index (χ4v) is 4.13. The Morgan fingerprint density at radius 2 is 1.88 bits per heavy atom. The molecule has 1 amide bonds. The Morgan fingerprint density at radius 3 is 2.62 bits per heavy atom. The van der Waals surface area contributed by atoms with Crippen LogP contribution in [0.4, 0.5) is 10.2 Å². The highest BCUT2D eigenvalue weighted by Crippen LogP contribution is 2.24. The molecule has 1 aromatic heterocycles. The first-order valence-electron chi connectivity index (χ1n) is 11.1. The monoisotopic (exact) mass is 484 g/mol. The van der Waals surface area contributed by atoms with E-state index in [2.05, 4.69) is 21.3 Å². The summed E-state index contributed by atoms with van der Waals surface area (Å²) in [5.74, 6) is 0.917. The van der Waals surface area contributed by atoms with Crippen LogP contribution in [0.1, 0.15) is 28.8 Å². The number of aromatic nitrogens is 1. The lowest BCUT2D eigenvalue weighted by Gasteiger charge is -2.32.